The van der Waals surface area contributed by atoms with Crippen molar-refractivity contribution in [3.05, 3.63) is 162 Å². The van der Waals surface area contributed by atoms with E-state index in [9.17, 15) is 0 Å². The number of rotatable bonds is 4. The van der Waals surface area contributed by atoms with Crippen LogP contribution in [-0.4, -0.2) is 14.5 Å². The summed E-state index contributed by atoms with van der Waals surface area (Å²) < 4.78 is 25.4. The maximum Gasteiger partial charge on any atom is 0.0774 e. The fraction of sp³-hybridized carbons (Fsp3) is 0.0732. The molecule has 0 atom stereocenters. The molecule has 0 saturated carbocycles. The Morgan fingerprint density at radius 2 is 1.48 bits per heavy atom. The van der Waals surface area contributed by atoms with E-state index in [1.54, 1.807) is 23.5 Å². The third kappa shape index (κ3) is 6.49. The van der Waals surface area contributed by atoms with E-state index < -0.39 is 6.85 Å². The number of para-hydroxylation sites is 2. The normalized spacial score (nSPS) is 12.0. The molecule has 0 amide bonds. The molecule has 0 aliphatic carbocycles. The van der Waals surface area contributed by atoms with Crippen LogP contribution in [-0.2, 0) is 20.1 Å². The van der Waals surface area contributed by atoms with E-state index in [1.807, 2.05) is 38.1 Å². The van der Waals surface area contributed by atoms with Crippen LogP contribution in [0.4, 0.5) is 0 Å². The summed E-state index contributed by atoms with van der Waals surface area (Å²) in [4.78, 5) is 9.21. The summed E-state index contributed by atoms with van der Waals surface area (Å²) in [5.74, 6) is 0.932. The van der Waals surface area contributed by atoms with Gasteiger partial charge in [0.1, 0.15) is 0 Å². The maximum absolute atomic E-state index is 7.30. The van der Waals surface area contributed by atoms with Crippen molar-refractivity contribution in [2.75, 3.05) is 0 Å². The van der Waals surface area contributed by atoms with E-state index in [0.717, 1.165) is 50.5 Å². The molecule has 3 aromatic heterocycles. The molecule has 227 valence electrons. The van der Waals surface area contributed by atoms with Crippen molar-refractivity contribution >= 4 is 32.5 Å². The number of fused-ring (bicyclic) bond motifs is 2. The second-order valence-corrected chi connectivity index (χ2v) is 11.8. The molecule has 0 aliphatic heterocycles. The van der Waals surface area contributed by atoms with Gasteiger partial charge in [0, 0.05) is 36.1 Å². The molecule has 3 heterocycles. The minimum atomic E-state index is -2.10. The summed E-state index contributed by atoms with van der Waals surface area (Å²) in [6, 6.07) is 46.5. The predicted molar refractivity (Wildman–Crippen MR) is 189 cm³/mol. The Hall–Kier alpha value is -4.67. The van der Waals surface area contributed by atoms with E-state index >= 15 is 0 Å². The van der Waals surface area contributed by atoms with Gasteiger partial charge in [0.25, 0.3) is 0 Å². The molecule has 46 heavy (non-hydrogen) atoms. The predicted octanol–water partition coefficient (Wildman–Crippen LogP) is 10.8. The van der Waals surface area contributed by atoms with Crippen LogP contribution in [0.1, 0.15) is 20.8 Å². The van der Waals surface area contributed by atoms with E-state index in [4.69, 9.17) is 9.10 Å². The van der Waals surface area contributed by atoms with Crippen LogP contribution in [0.25, 0.3) is 60.6 Å². The fourth-order valence-corrected chi connectivity index (χ4v) is 6.40. The molecule has 1 radical (unpaired) electrons. The van der Waals surface area contributed by atoms with Crippen molar-refractivity contribution in [2.45, 2.75) is 20.7 Å². The van der Waals surface area contributed by atoms with Crippen LogP contribution in [0.5, 0.6) is 0 Å². The molecule has 5 heteroatoms. The standard InChI is InChI=1S/C27H17N2S.C14H14N.Ir/c1-2-8-19(9-3-1)20-14-16-21(17-15-20)29-25-12-6-5-11-24(25)28-27(29)23-18-30-26-13-7-4-10-22(23)26;1-10-4-5-14(15-9-10)13-7-11(2)6-12(3)8-13;/h1-17H;4-7,9H,1-3H3;/q2*-1;/i;1D3;. The number of hydrogen-bond donors (Lipinski definition) is 0. The van der Waals surface area contributed by atoms with Gasteiger partial charge in [0.2, 0.25) is 0 Å². The summed E-state index contributed by atoms with van der Waals surface area (Å²) in [5, 5.41) is 4.69. The Balaban J connectivity index is 0.000000189. The largest absolute Gasteiger partial charge is 0.333 e. The molecular formula is C41H31IrN3S-2. The average molecular weight is 793 g/mol. The smallest absolute Gasteiger partial charge is 0.0774 e. The van der Waals surface area contributed by atoms with Gasteiger partial charge in [-0.3, -0.25) is 16.3 Å². The monoisotopic (exact) mass is 793 g/mol. The molecule has 0 fully saturated rings. The van der Waals surface area contributed by atoms with Crippen molar-refractivity contribution in [1.29, 1.82) is 0 Å². The topological polar surface area (TPSA) is 30.7 Å². The number of pyridine rings is 1. The Kier molecular flexibility index (Phi) is 8.26. The van der Waals surface area contributed by atoms with Gasteiger partial charge in [-0.25, -0.2) is 0 Å². The minimum Gasteiger partial charge on any atom is -0.333 e. The summed E-state index contributed by atoms with van der Waals surface area (Å²) in [6.07, 6.45) is 1.41. The van der Waals surface area contributed by atoms with Gasteiger partial charge in [-0.2, -0.15) is 0 Å². The molecule has 8 rings (SSSR count). The van der Waals surface area contributed by atoms with Crippen molar-refractivity contribution in [3.8, 4) is 39.5 Å². The number of aryl methyl sites for hydroxylation is 3. The summed E-state index contributed by atoms with van der Waals surface area (Å²) >= 11 is 1.64. The summed E-state index contributed by atoms with van der Waals surface area (Å²) in [6.45, 7) is 1.90. The van der Waals surface area contributed by atoms with Crippen LogP contribution in [0.15, 0.2) is 134 Å². The minimum absolute atomic E-state index is 0. The fourth-order valence-electron chi connectivity index (χ4n) is 5.56. The number of aromatic nitrogens is 3. The van der Waals surface area contributed by atoms with E-state index in [-0.39, 0.29) is 25.7 Å². The van der Waals surface area contributed by atoms with Crippen LogP contribution < -0.4 is 0 Å². The molecule has 3 nitrogen and oxygen atoms in total. The molecule has 0 saturated heterocycles. The van der Waals surface area contributed by atoms with Gasteiger partial charge in [-0.1, -0.05) is 114 Å². The molecule has 0 unspecified atom stereocenters. The summed E-state index contributed by atoms with van der Waals surface area (Å²) in [5.41, 5.74) is 10.8. The molecule has 0 spiro atoms. The molecule has 0 N–H and O–H groups in total. The number of imidazole rings is 1. The Labute approximate surface area is 291 Å². The molecule has 5 aromatic carbocycles. The average Bonchev–Trinajstić information content (AvgIpc) is 3.70. The molecule has 0 aliphatic rings. The Morgan fingerprint density at radius 3 is 2.24 bits per heavy atom. The third-order valence-electron chi connectivity index (χ3n) is 7.62. The number of nitrogens with zero attached hydrogens (tertiary/aromatic N) is 3. The van der Waals surface area contributed by atoms with Crippen LogP contribution in [0.3, 0.4) is 0 Å². The second kappa shape index (κ2) is 13.8. The van der Waals surface area contributed by atoms with E-state index in [1.165, 1.54) is 27.4 Å². The first-order valence-corrected chi connectivity index (χ1v) is 15.6. The van der Waals surface area contributed by atoms with Crippen molar-refractivity contribution < 1.29 is 24.2 Å². The Morgan fingerprint density at radius 1 is 0.739 bits per heavy atom. The van der Waals surface area contributed by atoms with Crippen LogP contribution in [0.2, 0.25) is 0 Å². The van der Waals surface area contributed by atoms with Crippen molar-refractivity contribution in [3.63, 3.8) is 0 Å². The van der Waals surface area contributed by atoms with Crippen molar-refractivity contribution in [2.24, 2.45) is 0 Å². The Bertz CT molecular complexity index is 2320. The van der Waals surface area contributed by atoms with Crippen LogP contribution in [0, 0.1) is 32.1 Å². The zero-order valence-electron chi connectivity index (χ0n) is 28.3. The number of thiophene rings is 1. The molecule has 0 bridgehead atoms. The van der Waals surface area contributed by atoms with Gasteiger partial charge in [0.15, 0.2) is 0 Å². The first-order chi connectivity index (χ1) is 23.2. The first kappa shape index (κ1) is 27.6. The zero-order valence-corrected chi connectivity index (χ0v) is 28.5. The van der Waals surface area contributed by atoms with Gasteiger partial charge < -0.3 is 9.55 Å². The van der Waals surface area contributed by atoms with Gasteiger partial charge in [-0.15, -0.1) is 46.3 Å². The van der Waals surface area contributed by atoms with E-state index in [0.29, 0.717) is 0 Å². The number of hydrogen-bond acceptors (Lipinski definition) is 3. The van der Waals surface area contributed by atoms with Crippen molar-refractivity contribution in [1.82, 2.24) is 14.5 Å². The quantitative estimate of drug-likeness (QED) is 0.166. The zero-order chi connectivity index (χ0) is 33.3. The third-order valence-corrected chi connectivity index (χ3v) is 8.51. The van der Waals surface area contributed by atoms with Gasteiger partial charge >= 0.3 is 0 Å². The van der Waals surface area contributed by atoms with E-state index in [2.05, 4.69) is 112 Å². The molecular weight excluding hydrogens is 759 g/mol. The SMILES string of the molecule is [2H]C([2H])([2H])c1ccc(-c2[c-]c(C)cc(C)c2)nc1.[Ir].[c-]1sc2ccccc2c1-c1nc2ccccc2n1-c1ccc(-c2ccccc2)cc1. The second-order valence-electron chi connectivity index (χ2n) is 10.9. The first-order valence-electron chi connectivity index (χ1n) is 16.2. The molecule has 8 aromatic rings. The number of benzene rings is 5. The summed E-state index contributed by atoms with van der Waals surface area (Å²) in [7, 11) is 0. The van der Waals surface area contributed by atoms with Crippen LogP contribution >= 0.6 is 11.3 Å². The van der Waals surface area contributed by atoms with Gasteiger partial charge in [0.05, 0.1) is 16.9 Å². The maximum atomic E-state index is 7.30. The van der Waals surface area contributed by atoms with Gasteiger partial charge in [-0.05, 0) is 53.5 Å².